The molecule has 2 heterocycles. The quantitative estimate of drug-likeness (QED) is 0.459. The molecule has 0 radical (unpaired) electrons. The first-order chi connectivity index (χ1) is 14.1. The van der Waals surface area contributed by atoms with Crippen molar-refractivity contribution in [3.63, 3.8) is 0 Å². The van der Waals surface area contributed by atoms with E-state index in [4.69, 9.17) is 13.6 Å². The Balaban J connectivity index is 1.61. The van der Waals surface area contributed by atoms with E-state index in [1.54, 1.807) is 31.2 Å². The molecule has 0 amide bonds. The van der Waals surface area contributed by atoms with Crippen molar-refractivity contribution in [2.45, 2.75) is 13.5 Å². The zero-order valence-corrected chi connectivity index (χ0v) is 15.9. The van der Waals surface area contributed by atoms with Crippen molar-refractivity contribution in [2.24, 2.45) is 0 Å². The first-order valence-electron chi connectivity index (χ1n) is 8.99. The Morgan fingerprint density at radius 1 is 1.00 bits per heavy atom. The van der Waals surface area contributed by atoms with Crippen molar-refractivity contribution in [1.29, 1.82) is 0 Å². The molecule has 0 aliphatic heterocycles. The molecule has 0 bridgehead atoms. The van der Waals surface area contributed by atoms with Crippen molar-refractivity contribution in [3.8, 4) is 16.9 Å². The number of methoxy groups -OCH3 is 1. The molecule has 29 heavy (non-hydrogen) atoms. The van der Waals surface area contributed by atoms with E-state index in [1.165, 1.54) is 13.2 Å². The number of esters is 1. The van der Waals surface area contributed by atoms with E-state index in [9.17, 15) is 9.59 Å². The summed E-state index contributed by atoms with van der Waals surface area (Å²) < 4.78 is 21.6. The van der Waals surface area contributed by atoms with Crippen LogP contribution in [0.4, 0.5) is 0 Å². The van der Waals surface area contributed by atoms with Crippen LogP contribution in [0.5, 0.6) is 5.75 Å². The highest BCUT2D eigenvalue weighted by molar-refractivity contribution is 5.86. The van der Waals surface area contributed by atoms with Gasteiger partial charge in [0, 0.05) is 6.07 Å². The molecule has 0 aliphatic rings. The second-order valence-corrected chi connectivity index (χ2v) is 6.43. The Bertz CT molecular complexity index is 1230. The SMILES string of the molecule is COC(=O)c1ccc(COc2ccc3c(=O)c(-c4ccccc4)c(C)oc3c2)o1. The van der Waals surface area contributed by atoms with Gasteiger partial charge < -0.3 is 18.3 Å². The molecule has 0 unspecified atom stereocenters. The van der Waals surface area contributed by atoms with Gasteiger partial charge in [-0.1, -0.05) is 30.3 Å². The molecular formula is C23H18O6. The second-order valence-electron chi connectivity index (χ2n) is 6.43. The van der Waals surface area contributed by atoms with Crippen LogP contribution in [0, 0.1) is 6.92 Å². The molecule has 146 valence electrons. The third-order valence-electron chi connectivity index (χ3n) is 4.53. The molecule has 6 heteroatoms. The Morgan fingerprint density at radius 2 is 1.79 bits per heavy atom. The fourth-order valence-corrected chi connectivity index (χ4v) is 3.13. The van der Waals surface area contributed by atoms with Crippen LogP contribution < -0.4 is 10.2 Å². The highest BCUT2D eigenvalue weighted by atomic mass is 16.5. The number of fused-ring (bicyclic) bond motifs is 1. The number of carbonyl (C=O) groups excluding carboxylic acids is 1. The van der Waals surface area contributed by atoms with E-state index in [0.717, 1.165) is 5.56 Å². The van der Waals surface area contributed by atoms with Crippen LogP contribution in [-0.2, 0) is 11.3 Å². The van der Waals surface area contributed by atoms with Crippen molar-refractivity contribution >= 4 is 16.9 Å². The van der Waals surface area contributed by atoms with Gasteiger partial charge in [0.15, 0.2) is 0 Å². The van der Waals surface area contributed by atoms with Gasteiger partial charge in [0.1, 0.15) is 29.5 Å². The number of rotatable bonds is 5. The van der Waals surface area contributed by atoms with Crippen LogP contribution in [0.1, 0.15) is 22.1 Å². The van der Waals surface area contributed by atoms with Crippen LogP contribution in [-0.4, -0.2) is 13.1 Å². The monoisotopic (exact) mass is 390 g/mol. The molecule has 6 nitrogen and oxygen atoms in total. The van der Waals surface area contributed by atoms with Gasteiger partial charge in [-0.2, -0.15) is 0 Å². The molecule has 2 aromatic carbocycles. The zero-order valence-electron chi connectivity index (χ0n) is 15.9. The molecule has 4 aromatic rings. The van der Waals surface area contributed by atoms with Gasteiger partial charge in [0.25, 0.3) is 0 Å². The third kappa shape index (κ3) is 3.65. The van der Waals surface area contributed by atoms with E-state index in [0.29, 0.717) is 33.8 Å². The summed E-state index contributed by atoms with van der Waals surface area (Å²) in [4.78, 5) is 24.4. The number of benzene rings is 2. The van der Waals surface area contributed by atoms with Gasteiger partial charge in [0.05, 0.1) is 18.1 Å². The minimum atomic E-state index is -0.548. The maximum absolute atomic E-state index is 13.0. The van der Waals surface area contributed by atoms with Crippen LogP contribution in [0.3, 0.4) is 0 Å². The Morgan fingerprint density at radius 3 is 2.55 bits per heavy atom. The lowest BCUT2D eigenvalue weighted by molar-refractivity contribution is 0.0561. The Hall–Kier alpha value is -3.80. The summed E-state index contributed by atoms with van der Waals surface area (Å²) in [7, 11) is 1.29. The molecule has 0 fully saturated rings. The van der Waals surface area contributed by atoms with Crippen molar-refractivity contribution < 1.29 is 23.1 Å². The Kier molecular flexibility index (Phi) is 4.91. The summed E-state index contributed by atoms with van der Waals surface area (Å²) in [6.45, 7) is 1.89. The van der Waals surface area contributed by atoms with E-state index in [-0.39, 0.29) is 17.8 Å². The summed E-state index contributed by atoms with van der Waals surface area (Å²) >= 11 is 0. The average Bonchev–Trinajstić information content (AvgIpc) is 3.21. The smallest absolute Gasteiger partial charge is 0.373 e. The fourth-order valence-electron chi connectivity index (χ4n) is 3.13. The molecule has 0 saturated carbocycles. The lowest BCUT2D eigenvalue weighted by Gasteiger charge is -2.09. The molecule has 4 rings (SSSR count). The molecular weight excluding hydrogens is 372 g/mol. The van der Waals surface area contributed by atoms with Gasteiger partial charge >= 0.3 is 5.97 Å². The minimum Gasteiger partial charge on any atom is -0.486 e. The third-order valence-corrected chi connectivity index (χ3v) is 4.53. The summed E-state index contributed by atoms with van der Waals surface area (Å²) in [5, 5.41) is 0.479. The fraction of sp³-hybridized carbons (Fsp3) is 0.130. The maximum atomic E-state index is 13.0. The number of ether oxygens (including phenoxy) is 2. The largest absolute Gasteiger partial charge is 0.486 e. The number of aryl methyl sites for hydroxylation is 1. The molecule has 2 aromatic heterocycles. The summed E-state index contributed by atoms with van der Waals surface area (Å²) in [6, 6.07) is 17.7. The number of hydrogen-bond acceptors (Lipinski definition) is 6. The highest BCUT2D eigenvalue weighted by Crippen LogP contribution is 2.26. The topological polar surface area (TPSA) is 78.9 Å². The van der Waals surface area contributed by atoms with Gasteiger partial charge in [-0.3, -0.25) is 4.79 Å². The van der Waals surface area contributed by atoms with Crippen molar-refractivity contribution in [1.82, 2.24) is 0 Å². The first kappa shape index (κ1) is 18.6. The molecule has 0 atom stereocenters. The molecule has 0 aliphatic carbocycles. The van der Waals surface area contributed by atoms with Gasteiger partial charge in [-0.15, -0.1) is 0 Å². The predicted octanol–water partition coefficient (Wildman–Crippen LogP) is 4.73. The average molecular weight is 390 g/mol. The van der Waals surface area contributed by atoms with Crippen LogP contribution >= 0.6 is 0 Å². The first-order valence-corrected chi connectivity index (χ1v) is 8.99. The zero-order chi connectivity index (χ0) is 20.4. The van der Waals surface area contributed by atoms with Crippen LogP contribution in [0.15, 0.2) is 74.3 Å². The second kappa shape index (κ2) is 7.67. The van der Waals surface area contributed by atoms with Gasteiger partial charge in [-0.05, 0) is 36.8 Å². The maximum Gasteiger partial charge on any atom is 0.373 e. The number of furan rings is 1. The molecule has 0 saturated heterocycles. The summed E-state index contributed by atoms with van der Waals surface area (Å²) in [5.74, 6) is 1.10. The predicted molar refractivity (Wildman–Crippen MR) is 107 cm³/mol. The van der Waals surface area contributed by atoms with E-state index in [2.05, 4.69) is 4.74 Å². The van der Waals surface area contributed by atoms with Crippen LogP contribution in [0.2, 0.25) is 0 Å². The van der Waals surface area contributed by atoms with Gasteiger partial charge in [0.2, 0.25) is 11.2 Å². The van der Waals surface area contributed by atoms with E-state index in [1.807, 2.05) is 30.3 Å². The van der Waals surface area contributed by atoms with E-state index >= 15 is 0 Å². The summed E-state index contributed by atoms with van der Waals surface area (Å²) in [6.07, 6.45) is 0. The normalized spacial score (nSPS) is 10.8. The van der Waals surface area contributed by atoms with Gasteiger partial charge in [-0.25, -0.2) is 4.79 Å². The summed E-state index contributed by atoms with van der Waals surface area (Å²) in [5.41, 5.74) is 1.73. The lowest BCUT2D eigenvalue weighted by Crippen LogP contribution is -2.07. The lowest BCUT2D eigenvalue weighted by atomic mass is 10.0. The van der Waals surface area contributed by atoms with Crippen molar-refractivity contribution in [3.05, 3.63) is 88.2 Å². The van der Waals surface area contributed by atoms with Crippen molar-refractivity contribution in [2.75, 3.05) is 7.11 Å². The Labute approximate surface area is 166 Å². The number of carbonyl (C=O) groups is 1. The highest BCUT2D eigenvalue weighted by Gasteiger charge is 2.15. The van der Waals surface area contributed by atoms with Crippen LogP contribution in [0.25, 0.3) is 22.1 Å². The molecule has 0 spiro atoms. The molecule has 0 N–H and O–H groups in total. The van der Waals surface area contributed by atoms with E-state index < -0.39 is 5.97 Å². The minimum absolute atomic E-state index is 0.0877. The number of hydrogen-bond donors (Lipinski definition) is 0. The standard InChI is InChI=1S/C23H18O6/c1-14-21(15-6-4-3-5-7-15)22(24)18-10-8-16(12-20(18)28-14)27-13-17-9-11-19(29-17)23(25)26-2/h3-12H,13H2,1-2H3.